The molecule has 3 atom stereocenters. The SMILES string of the molecule is C[C@@H](C(=O)Nc1nnc(Br)s1)n1cnc2c1C(O)N(C)C(O)N2C. The lowest BCUT2D eigenvalue weighted by molar-refractivity contribution is -0.119. The van der Waals surface area contributed by atoms with Gasteiger partial charge in [0.1, 0.15) is 11.7 Å². The Labute approximate surface area is 149 Å². The number of aromatic nitrogens is 4. The maximum atomic E-state index is 12.4. The number of hydrogen-bond donors (Lipinski definition) is 3. The first-order chi connectivity index (χ1) is 11.3. The van der Waals surface area contributed by atoms with E-state index in [1.54, 1.807) is 25.6 Å². The number of nitrogens with one attached hydrogen (secondary N) is 1. The molecule has 3 N–H and O–H groups in total. The van der Waals surface area contributed by atoms with Crippen LogP contribution in [0.25, 0.3) is 0 Å². The van der Waals surface area contributed by atoms with E-state index in [1.165, 1.54) is 27.5 Å². The molecule has 10 nitrogen and oxygen atoms in total. The van der Waals surface area contributed by atoms with Crippen molar-refractivity contribution in [2.24, 2.45) is 0 Å². The Bertz CT molecular complexity index is 766. The van der Waals surface area contributed by atoms with Crippen LogP contribution in [0.15, 0.2) is 10.2 Å². The maximum Gasteiger partial charge on any atom is 0.249 e. The number of imidazole rings is 1. The molecule has 1 aliphatic heterocycles. The van der Waals surface area contributed by atoms with E-state index in [2.05, 4.69) is 36.4 Å². The zero-order valence-corrected chi connectivity index (χ0v) is 15.5. The van der Waals surface area contributed by atoms with Crippen molar-refractivity contribution in [3.8, 4) is 0 Å². The second-order valence-electron chi connectivity index (χ2n) is 5.38. The van der Waals surface area contributed by atoms with Crippen LogP contribution in [0, 0.1) is 0 Å². The molecule has 0 saturated carbocycles. The molecule has 0 aliphatic carbocycles. The number of anilines is 2. The number of hydrogen-bond acceptors (Lipinski definition) is 9. The lowest BCUT2D eigenvalue weighted by atomic mass is 10.2. The molecule has 1 amide bonds. The van der Waals surface area contributed by atoms with Crippen molar-refractivity contribution in [2.75, 3.05) is 24.3 Å². The Morgan fingerprint density at radius 3 is 2.75 bits per heavy atom. The molecular formula is C12H16BrN7O3S. The van der Waals surface area contributed by atoms with Crippen LogP contribution in [0.4, 0.5) is 10.9 Å². The van der Waals surface area contributed by atoms with Crippen molar-refractivity contribution in [1.82, 2.24) is 24.6 Å². The van der Waals surface area contributed by atoms with E-state index in [0.717, 1.165) is 0 Å². The molecule has 0 bridgehead atoms. The lowest BCUT2D eigenvalue weighted by Crippen LogP contribution is -2.51. The van der Waals surface area contributed by atoms with Crippen molar-refractivity contribution in [3.63, 3.8) is 0 Å². The average molecular weight is 418 g/mol. The third-order valence-electron chi connectivity index (χ3n) is 3.91. The van der Waals surface area contributed by atoms with E-state index in [9.17, 15) is 15.0 Å². The fourth-order valence-electron chi connectivity index (χ4n) is 2.48. The van der Waals surface area contributed by atoms with Gasteiger partial charge >= 0.3 is 0 Å². The summed E-state index contributed by atoms with van der Waals surface area (Å²) >= 11 is 4.38. The number of aliphatic hydroxyl groups excluding tert-OH is 2. The molecule has 12 heteroatoms. The van der Waals surface area contributed by atoms with Gasteiger partial charge in [-0.3, -0.25) is 10.1 Å². The second kappa shape index (κ2) is 6.37. The Kier molecular flexibility index (Phi) is 4.57. The summed E-state index contributed by atoms with van der Waals surface area (Å²) in [7, 11) is 3.24. The van der Waals surface area contributed by atoms with Crippen LogP contribution in [-0.2, 0) is 4.79 Å². The van der Waals surface area contributed by atoms with Crippen molar-refractivity contribution in [2.45, 2.75) is 25.5 Å². The Morgan fingerprint density at radius 2 is 2.12 bits per heavy atom. The van der Waals surface area contributed by atoms with E-state index in [1.807, 2.05) is 0 Å². The third-order valence-corrected chi connectivity index (χ3v) is 5.19. The fraction of sp³-hybridized carbons (Fsp3) is 0.500. The van der Waals surface area contributed by atoms with Crippen molar-refractivity contribution < 1.29 is 15.0 Å². The number of carbonyl (C=O) groups is 1. The molecule has 0 saturated heterocycles. The van der Waals surface area contributed by atoms with Crippen LogP contribution in [0.1, 0.15) is 24.9 Å². The molecule has 0 aromatic carbocycles. The fourth-order valence-corrected chi connectivity index (χ4v) is 3.50. The van der Waals surface area contributed by atoms with Crippen LogP contribution >= 0.6 is 27.3 Å². The topological polar surface area (TPSA) is 120 Å². The van der Waals surface area contributed by atoms with Gasteiger partial charge in [0.25, 0.3) is 0 Å². The Morgan fingerprint density at radius 1 is 1.42 bits per heavy atom. The smallest absolute Gasteiger partial charge is 0.249 e. The molecule has 0 fully saturated rings. The first-order valence-corrected chi connectivity index (χ1v) is 8.59. The summed E-state index contributed by atoms with van der Waals surface area (Å²) in [4.78, 5) is 19.5. The summed E-state index contributed by atoms with van der Waals surface area (Å²) in [6.45, 7) is 1.69. The number of nitrogens with zero attached hydrogens (tertiary/aromatic N) is 6. The Hall–Kier alpha value is -1.60. The maximum absolute atomic E-state index is 12.4. The largest absolute Gasteiger partial charge is 0.372 e. The van der Waals surface area contributed by atoms with E-state index < -0.39 is 18.6 Å². The van der Waals surface area contributed by atoms with E-state index in [0.29, 0.717) is 20.6 Å². The summed E-state index contributed by atoms with van der Waals surface area (Å²) < 4.78 is 2.14. The van der Waals surface area contributed by atoms with Gasteiger partial charge in [0.15, 0.2) is 22.3 Å². The minimum absolute atomic E-state index is 0.317. The molecule has 130 valence electrons. The minimum Gasteiger partial charge on any atom is -0.372 e. The standard InChI is InChI=1S/C12H16BrN7O3S/c1-5(8(21)15-11-17-16-10(13)24-11)20-4-14-7-6(20)9(22)19(3)12(23)18(7)2/h4-5,9,12,22-23H,1-3H3,(H,15,17,21)/t5-,9?,12?/m0/s1. The molecule has 0 radical (unpaired) electrons. The summed E-state index contributed by atoms with van der Waals surface area (Å²) in [5, 5.41) is 31.1. The third kappa shape index (κ3) is 2.80. The lowest BCUT2D eigenvalue weighted by Gasteiger charge is -2.40. The second-order valence-corrected chi connectivity index (χ2v) is 7.64. The quantitative estimate of drug-likeness (QED) is 0.653. The van der Waals surface area contributed by atoms with Gasteiger partial charge in [0.05, 0.1) is 6.33 Å². The van der Waals surface area contributed by atoms with Gasteiger partial charge in [-0.2, -0.15) is 0 Å². The van der Waals surface area contributed by atoms with Gasteiger partial charge in [0.2, 0.25) is 11.0 Å². The van der Waals surface area contributed by atoms with Crippen LogP contribution in [0.5, 0.6) is 0 Å². The van der Waals surface area contributed by atoms with E-state index in [-0.39, 0.29) is 5.91 Å². The number of carbonyl (C=O) groups excluding carboxylic acids is 1. The number of amides is 1. The number of halogens is 1. The van der Waals surface area contributed by atoms with Gasteiger partial charge in [-0.15, -0.1) is 10.2 Å². The number of fused-ring (bicyclic) bond motifs is 1. The van der Waals surface area contributed by atoms with Crippen LogP contribution in [0.2, 0.25) is 0 Å². The van der Waals surface area contributed by atoms with Crippen LogP contribution in [0.3, 0.4) is 0 Å². The molecule has 2 aromatic heterocycles. The van der Waals surface area contributed by atoms with Crippen molar-refractivity contribution in [1.29, 1.82) is 0 Å². The van der Waals surface area contributed by atoms with Crippen LogP contribution in [-0.4, -0.2) is 61.2 Å². The van der Waals surface area contributed by atoms with Gasteiger partial charge in [0, 0.05) is 7.05 Å². The first kappa shape index (κ1) is 17.2. The predicted molar refractivity (Wildman–Crippen MR) is 90.3 cm³/mol. The molecule has 3 rings (SSSR count). The average Bonchev–Trinajstić information content (AvgIpc) is 3.16. The van der Waals surface area contributed by atoms with Gasteiger partial charge in [-0.25, -0.2) is 9.88 Å². The Balaban J connectivity index is 1.88. The minimum atomic E-state index is -1.08. The van der Waals surface area contributed by atoms with Crippen LogP contribution < -0.4 is 10.2 Å². The highest BCUT2D eigenvalue weighted by Gasteiger charge is 2.38. The highest BCUT2D eigenvalue weighted by Crippen LogP contribution is 2.35. The summed E-state index contributed by atoms with van der Waals surface area (Å²) in [6.07, 6.45) is -0.616. The number of rotatable bonds is 3. The molecule has 3 heterocycles. The molecule has 2 aromatic rings. The summed E-state index contributed by atoms with van der Waals surface area (Å²) in [5.74, 6) is 0.105. The zero-order chi connectivity index (χ0) is 17.6. The van der Waals surface area contributed by atoms with Gasteiger partial charge in [-0.05, 0) is 29.9 Å². The summed E-state index contributed by atoms with van der Waals surface area (Å²) in [5.41, 5.74) is 0.436. The van der Waals surface area contributed by atoms with E-state index in [4.69, 9.17) is 0 Å². The number of aliphatic hydroxyl groups is 2. The molecule has 0 spiro atoms. The summed E-state index contributed by atoms with van der Waals surface area (Å²) in [6, 6.07) is -0.643. The van der Waals surface area contributed by atoms with Gasteiger partial charge < -0.3 is 19.7 Å². The highest BCUT2D eigenvalue weighted by molar-refractivity contribution is 9.11. The van der Waals surface area contributed by atoms with Gasteiger partial charge in [-0.1, -0.05) is 11.3 Å². The van der Waals surface area contributed by atoms with Crippen molar-refractivity contribution >= 4 is 44.1 Å². The monoisotopic (exact) mass is 417 g/mol. The normalized spacial score (nSPS) is 22.3. The highest BCUT2D eigenvalue weighted by atomic mass is 79.9. The van der Waals surface area contributed by atoms with Crippen molar-refractivity contribution in [3.05, 3.63) is 15.9 Å². The molecule has 2 unspecified atom stereocenters. The first-order valence-electron chi connectivity index (χ1n) is 6.98. The molecular weight excluding hydrogens is 402 g/mol. The van der Waals surface area contributed by atoms with E-state index >= 15 is 0 Å². The molecule has 1 aliphatic rings. The predicted octanol–water partition coefficient (Wildman–Crippen LogP) is 0.345. The zero-order valence-electron chi connectivity index (χ0n) is 13.1. The molecule has 24 heavy (non-hydrogen) atoms.